The van der Waals surface area contributed by atoms with Gasteiger partial charge in [-0.3, -0.25) is 14.4 Å². The number of ether oxygens (including phenoxy) is 2. The maximum Gasteiger partial charge on any atom is 0.246 e. The SMILES string of the molecule is C=CC(=O)N1CCn2nc(-c3nc(-c4ccc5c(c4)[C@@H](C)N(C)CC5)c4c(F)cccc4c3-c3c(F)cc(F)cc3OCCOC)cc2[C@H]1C. The number of fused-ring (bicyclic) bond motifs is 3. The van der Waals surface area contributed by atoms with E-state index in [0.29, 0.717) is 35.4 Å². The first-order valence-corrected chi connectivity index (χ1v) is 16.7. The predicted octanol–water partition coefficient (Wildman–Crippen LogP) is 7.51. The fraction of sp³-hybridized carbons (Fsp3) is 0.308. The van der Waals surface area contributed by atoms with E-state index in [1.54, 1.807) is 21.7 Å². The fourth-order valence-corrected chi connectivity index (χ4v) is 7.24. The molecule has 0 radical (unpaired) electrons. The Morgan fingerprint density at radius 1 is 0.960 bits per heavy atom. The lowest BCUT2D eigenvalue weighted by Gasteiger charge is -2.33. The fourth-order valence-electron chi connectivity index (χ4n) is 7.24. The highest BCUT2D eigenvalue weighted by molar-refractivity contribution is 6.09. The van der Waals surface area contributed by atoms with Crippen molar-refractivity contribution in [3.8, 4) is 39.5 Å². The van der Waals surface area contributed by atoms with Crippen LogP contribution in [0.2, 0.25) is 0 Å². The van der Waals surface area contributed by atoms with E-state index in [-0.39, 0.29) is 59.2 Å². The highest BCUT2D eigenvalue weighted by atomic mass is 19.1. The summed E-state index contributed by atoms with van der Waals surface area (Å²) in [6, 6.07) is 14.2. The van der Waals surface area contributed by atoms with Crippen molar-refractivity contribution in [1.82, 2.24) is 24.6 Å². The quantitative estimate of drug-likeness (QED) is 0.125. The predicted molar refractivity (Wildman–Crippen MR) is 186 cm³/mol. The van der Waals surface area contributed by atoms with Crippen molar-refractivity contribution >= 4 is 16.7 Å². The summed E-state index contributed by atoms with van der Waals surface area (Å²) in [6.45, 7) is 9.64. The maximum atomic E-state index is 16.2. The number of nitrogens with zero attached hydrogens (tertiary/aromatic N) is 5. The van der Waals surface area contributed by atoms with Gasteiger partial charge in [-0.2, -0.15) is 5.10 Å². The van der Waals surface area contributed by atoms with Crippen molar-refractivity contribution < 1.29 is 27.4 Å². The lowest BCUT2D eigenvalue weighted by atomic mass is 9.88. The zero-order valence-electron chi connectivity index (χ0n) is 28.5. The summed E-state index contributed by atoms with van der Waals surface area (Å²) >= 11 is 0. The molecule has 0 fully saturated rings. The Morgan fingerprint density at radius 2 is 1.78 bits per heavy atom. The second-order valence-electron chi connectivity index (χ2n) is 12.9. The van der Waals surface area contributed by atoms with Gasteiger partial charge in [0.25, 0.3) is 0 Å². The second-order valence-corrected chi connectivity index (χ2v) is 12.9. The molecule has 2 aromatic heterocycles. The number of benzene rings is 3. The van der Waals surface area contributed by atoms with Gasteiger partial charge >= 0.3 is 0 Å². The number of carbonyl (C=O) groups is 1. The smallest absolute Gasteiger partial charge is 0.246 e. The number of likely N-dealkylation sites (N-methyl/N-ethyl adjacent to an activating group) is 1. The molecule has 4 heterocycles. The van der Waals surface area contributed by atoms with Crippen LogP contribution in [0.25, 0.3) is 44.5 Å². The molecule has 11 heteroatoms. The zero-order chi connectivity index (χ0) is 35.3. The Balaban J connectivity index is 1.54. The summed E-state index contributed by atoms with van der Waals surface area (Å²) in [5.74, 6) is -2.54. The summed E-state index contributed by atoms with van der Waals surface area (Å²) in [6.07, 6.45) is 2.18. The molecule has 0 spiro atoms. The number of pyridine rings is 1. The monoisotopic (exact) mass is 681 g/mol. The summed E-state index contributed by atoms with van der Waals surface area (Å²) < 4.78 is 60.1. The molecule has 0 unspecified atom stereocenters. The Hall–Kier alpha value is -5.00. The van der Waals surface area contributed by atoms with Crippen molar-refractivity contribution in [3.05, 3.63) is 102 Å². The molecule has 1 amide bonds. The summed E-state index contributed by atoms with van der Waals surface area (Å²) in [5.41, 5.74) is 4.95. The molecule has 0 saturated heterocycles. The van der Waals surface area contributed by atoms with Crippen LogP contribution in [0, 0.1) is 17.5 Å². The molecule has 7 rings (SSSR count). The van der Waals surface area contributed by atoms with Gasteiger partial charge in [-0.1, -0.05) is 30.8 Å². The Morgan fingerprint density at radius 3 is 2.56 bits per heavy atom. The van der Waals surface area contributed by atoms with Crippen molar-refractivity contribution in [3.63, 3.8) is 0 Å². The van der Waals surface area contributed by atoms with Crippen LogP contribution in [-0.4, -0.2) is 70.9 Å². The maximum absolute atomic E-state index is 16.2. The lowest BCUT2D eigenvalue weighted by molar-refractivity contribution is -0.129. The molecule has 2 aliphatic rings. The zero-order valence-corrected chi connectivity index (χ0v) is 28.5. The molecule has 8 nitrogen and oxygen atoms in total. The van der Waals surface area contributed by atoms with Gasteiger partial charge in [-0.15, -0.1) is 0 Å². The molecule has 50 heavy (non-hydrogen) atoms. The van der Waals surface area contributed by atoms with Gasteiger partial charge in [0.1, 0.15) is 35.5 Å². The summed E-state index contributed by atoms with van der Waals surface area (Å²) in [4.78, 5) is 21.8. The first-order valence-electron chi connectivity index (χ1n) is 16.7. The van der Waals surface area contributed by atoms with E-state index in [0.717, 1.165) is 36.4 Å². The number of aromatic nitrogens is 3. The van der Waals surface area contributed by atoms with Crippen LogP contribution in [0.4, 0.5) is 13.2 Å². The molecule has 2 atom stereocenters. The van der Waals surface area contributed by atoms with Crippen LogP contribution < -0.4 is 4.74 Å². The Bertz CT molecular complexity index is 2150. The number of hydrogen-bond donors (Lipinski definition) is 0. The lowest BCUT2D eigenvalue weighted by Crippen LogP contribution is -2.40. The highest BCUT2D eigenvalue weighted by Gasteiger charge is 2.32. The number of amides is 1. The van der Waals surface area contributed by atoms with Gasteiger partial charge in [0, 0.05) is 54.9 Å². The molecule has 0 bridgehead atoms. The normalized spacial score (nSPS) is 17.5. The van der Waals surface area contributed by atoms with Gasteiger partial charge in [0.15, 0.2) is 0 Å². The highest BCUT2D eigenvalue weighted by Crippen LogP contribution is 2.47. The molecule has 0 saturated carbocycles. The summed E-state index contributed by atoms with van der Waals surface area (Å²) in [5, 5.41) is 5.47. The average Bonchev–Trinajstić information content (AvgIpc) is 3.55. The topological polar surface area (TPSA) is 72.7 Å². The van der Waals surface area contributed by atoms with E-state index < -0.39 is 17.5 Å². The number of halogens is 3. The number of carbonyl (C=O) groups excluding carboxylic acids is 1. The first kappa shape index (κ1) is 33.5. The third-order valence-corrected chi connectivity index (χ3v) is 10.0. The molecule has 0 N–H and O–H groups in total. The van der Waals surface area contributed by atoms with Gasteiger partial charge in [0.05, 0.1) is 41.8 Å². The number of hydrogen-bond acceptors (Lipinski definition) is 6. The minimum absolute atomic E-state index is 0.0186. The molecule has 258 valence electrons. The molecular weight excluding hydrogens is 643 g/mol. The molecule has 3 aromatic carbocycles. The third kappa shape index (κ3) is 5.74. The van der Waals surface area contributed by atoms with Crippen molar-refractivity contribution in [2.75, 3.05) is 40.5 Å². The van der Waals surface area contributed by atoms with Crippen LogP contribution >= 0.6 is 0 Å². The van der Waals surface area contributed by atoms with Crippen LogP contribution in [0.15, 0.2) is 67.3 Å². The third-order valence-electron chi connectivity index (χ3n) is 10.0. The second kappa shape index (κ2) is 13.4. The van der Waals surface area contributed by atoms with Crippen LogP contribution in [0.1, 0.15) is 42.8 Å². The Kier molecular flexibility index (Phi) is 8.96. The minimum atomic E-state index is -0.899. The van der Waals surface area contributed by atoms with Crippen LogP contribution in [-0.2, 0) is 22.5 Å². The van der Waals surface area contributed by atoms with E-state index in [1.807, 2.05) is 19.1 Å². The van der Waals surface area contributed by atoms with E-state index >= 15 is 8.78 Å². The average molecular weight is 682 g/mol. The van der Waals surface area contributed by atoms with E-state index in [2.05, 4.69) is 37.6 Å². The van der Waals surface area contributed by atoms with Crippen molar-refractivity contribution in [1.29, 1.82) is 0 Å². The minimum Gasteiger partial charge on any atom is -0.490 e. The van der Waals surface area contributed by atoms with Gasteiger partial charge in [-0.05, 0) is 68.1 Å². The van der Waals surface area contributed by atoms with E-state index in [1.165, 1.54) is 24.8 Å². The standard InChI is InChI=1S/C39H38F3N5O3/c1-6-34(48)46-14-15-47-32(23(46)3)21-31(44-47)39-36(37-30(42)19-26(40)20-33(37)50-17-16-49-5)27-8-7-9-29(41)35(27)38(43-39)25-11-10-24-12-13-45(4)22(2)28(24)18-25/h6-11,18-23H,1,12-17H2,2-5H3/t22-,23-/m1/s1. The van der Waals surface area contributed by atoms with Gasteiger partial charge < -0.3 is 14.4 Å². The number of methoxy groups -OCH3 is 1. The van der Waals surface area contributed by atoms with E-state index in [4.69, 9.17) is 19.6 Å². The van der Waals surface area contributed by atoms with Crippen LogP contribution in [0.3, 0.4) is 0 Å². The Labute approximate surface area is 288 Å². The van der Waals surface area contributed by atoms with Gasteiger partial charge in [0.2, 0.25) is 5.91 Å². The molecular formula is C39H38F3N5O3. The largest absolute Gasteiger partial charge is 0.490 e. The molecule has 5 aromatic rings. The summed E-state index contributed by atoms with van der Waals surface area (Å²) in [7, 11) is 3.58. The molecule has 2 aliphatic heterocycles. The van der Waals surface area contributed by atoms with E-state index in [9.17, 15) is 9.18 Å². The number of rotatable bonds is 8. The first-order chi connectivity index (χ1) is 24.1. The van der Waals surface area contributed by atoms with Crippen LogP contribution in [0.5, 0.6) is 5.75 Å². The molecule has 0 aliphatic carbocycles. The van der Waals surface area contributed by atoms with Crippen molar-refractivity contribution in [2.45, 2.75) is 38.9 Å². The van der Waals surface area contributed by atoms with Crippen molar-refractivity contribution in [2.24, 2.45) is 0 Å². The van der Waals surface area contributed by atoms with Gasteiger partial charge in [-0.25, -0.2) is 18.2 Å².